The van der Waals surface area contributed by atoms with Crippen LogP contribution >= 0.6 is 0 Å². The van der Waals surface area contributed by atoms with Gasteiger partial charge in [-0.3, -0.25) is 0 Å². The van der Waals surface area contributed by atoms with E-state index in [-0.39, 0.29) is 6.61 Å². The lowest BCUT2D eigenvalue weighted by Gasteiger charge is -2.11. The summed E-state index contributed by atoms with van der Waals surface area (Å²) in [5.74, 6) is -0.120. The van der Waals surface area contributed by atoms with Crippen LogP contribution in [0.5, 0.6) is 11.5 Å². The van der Waals surface area contributed by atoms with Crippen molar-refractivity contribution in [3.8, 4) is 11.5 Å². The largest absolute Gasteiger partial charge is 0.490 e. The third-order valence-corrected chi connectivity index (χ3v) is 3.02. The Balaban J connectivity index is 1.89. The van der Waals surface area contributed by atoms with Crippen molar-refractivity contribution >= 4 is 11.9 Å². The molecule has 5 nitrogen and oxygen atoms in total. The monoisotopic (exact) mass is 326 g/mol. The van der Waals surface area contributed by atoms with Crippen LogP contribution < -0.4 is 9.47 Å². The molecule has 2 aromatic carbocycles. The molecule has 0 aliphatic heterocycles. The predicted molar refractivity (Wildman–Crippen MR) is 89.1 cm³/mol. The van der Waals surface area contributed by atoms with Gasteiger partial charge in [-0.05, 0) is 24.3 Å². The zero-order valence-corrected chi connectivity index (χ0v) is 13.1. The predicted octanol–water partition coefficient (Wildman–Crippen LogP) is 3.40. The molecule has 5 heteroatoms. The number of para-hydroxylation sites is 2. The van der Waals surface area contributed by atoms with Crippen LogP contribution in [0.4, 0.5) is 0 Å². The molecule has 2 rings (SSSR count). The zero-order valence-electron chi connectivity index (χ0n) is 13.1. The lowest BCUT2D eigenvalue weighted by atomic mass is 10.2. The molecule has 0 atom stereocenters. The first-order valence-corrected chi connectivity index (χ1v) is 7.49. The van der Waals surface area contributed by atoms with Crippen LogP contribution in [0.3, 0.4) is 0 Å². The Bertz CT molecular complexity index is 694. The second kappa shape index (κ2) is 9.15. The summed E-state index contributed by atoms with van der Waals surface area (Å²) < 4.78 is 15.8. The summed E-state index contributed by atoms with van der Waals surface area (Å²) in [6.07, 6.45) is 1.62. The van der Waals surface area contributed by atoms with Crippen molar-refractivity contribution in [3.63, 3.8) is 0 Å². The highest BCUT2D eigenvalue weighted by atomic mass is 16.6. The van der Waals surface area contributed by atoms with Gasteiger partial charge in [0.25, 0.3) is 0 Å². The van der Waals surface area contributed by atoms with Gasteiger partial charge in [-0.25, -0.2) is 9.59 Å². The fourth-order valence-corrected chi connectivity index (χ4v) is 1.86. The Labute approximate surface area is 140 Å². The molecule has 0 fully saturated rings. The maximum atomic E-state index is 12.1. The maximum absolute atomic E-state index is 12.1. The Hall–Kier alpha value is -3.08. The second-order valence-electron chi connectivity index (χ2n) is 4.78. The summed E-state index contributed by atoms with van der Waals surface area (Å²) in [4.78, 5) is 23.0. The van der Waals surface area contributed by atoms with E-state index in [1.165, 1.54) is 0 Å². The van der Waals surface area contributed by atoms with Crippen LogP contribution in [0.2, 0.25) is 0 Å². The third kappa shape index (κ3) is 5.28. The summed E-state index contributed by atoms with van der Waals surface area (Å²) in [7, 11) is 0. The highest BCUT2D eigenvalue weighted by Crippen LogP contribution is 2.27. The normalized spacial score (nSPS) is 9.83. The van der Waals surface area contributed by atoms with E-state index in [1.807, 2.05) is 6.07 Å². The molecule has 0 unspecified atom stereocenters. The minimum Gasteiger partial charge on any atom is -0.490 e. The lowest BCUT2D eigenvalue weighted by Crippen LogP contribution is -2.10. The standard InChI is InChI=1S/C19H18O5/c1-2-18(20)23-14-8-13-22-16-11-6-7-12-17(16)24-19(21)15-9-4-3-5-10-15/h2-7,9-12H,1,8,13-14H2. The van der Waals surface area contributed by atoms with E-state index < -0.39 is 11.9 Å². The van der Waals surface area contributed by atoms with E-state index in [9.17, 15) is 9.59 Å². The van der Waals surface area contributed by atoms with Crippen LogP contribution in [0, 0.1) is 0 Å². The third-order valence-electron chi connectivity index (χ3n) is 3.02. The van der Waals surface area contributed by atoms with E-state index in [4.69, 9.17) is 14.2 Å². The lowest BCUT2D eigenvalue weighted by molar-refractivity contribution is -0.137. The van der Waals surface area contributed by atoms with Gasteiger partial charge in [-0.1, -0.05) is 36.9 Å². The number of carbonyl (C=O) groups is 2. The smallest absolute Gasteiger partial charge is 0.343 e. The first-order chi connectivity index (χ1) is 11.7. The molecule has 0 spiro atoms. The van der Waals surface area contributed by atoms with Gasteiger partial charge in [0, 0.05) is 12.5 Å². The number of hydrogen-bond donors (Lipinski definition) is 0. The van der Waals surface area contributed by atoms with Crippen molar-refractivity contribution in [2.75, 3.05) is 13.2 Å². The highest BCUT2D eigenvalue weighted by molar-refractivity contribution is 5.91. The highest BCUT2D eigenvalue weighted by Gasteiger charge is 2.11. The van der Waals surface area contributed by atoms with Gasteiger partial charge in [-0.2, -0.15) is 0 Å². The molecule has 124 valence electrons. The summed E-state index contributed by atoms with van der Waals surface area (Å²) in [6.45, 7) is 3.87. The summed E-state index contributed by atoms with van der Waals surface area (Å²) >= 11 is 0. The van der Waals surface area contributed by atoms with Crippen molar-refractivity contribution < 1.29 is 23.8 Å². The molecular weight excluding hydrogens is 308 g/mol. The van der Waals surface area contributed by atoms with E-state index in [0.29, 0.717) is 30.1 Å². The average Bonchev–Trinajstić information content (AvgIpc) is 2.63. The van der Waals surface area contributed by atoms with Gasteiger partial charge < -0.3 is 14.2 Å². The molecule has 0 saturated carbocycles. The van der Waals surface area contributed by atoms with Crippen molar-refractivity contribution in [1.29, 1.82) is 0 Å². The van der Waals surface area contributed by atoms with Crippen molar-refractivity contribution in [2.45, 2.75) is 6.42 Å². The van der Waals surface area contributed by atoms with Crippen molar-refractivity contribution in [3.05, 3.63) is 72.8 Å². The van der Waals surface area contributed by atoms with Gasteiger partial charge in [0.05, 0.1) is 18.8 Å². The van der Waals surface area contributed by atoms with Crippen LogP contribution in [0.1, 0.15) is 16.8 Å². The van der Waals surface area contributed by atoms with E-state index in [1.54, 1.807) is 48.5 Å². The van der Waals surface area contributed by atoms with Crippen molar-refractivity contribution in [2.24, 2.45) is 0 Å². The minimum atomic E-state index is -0.466. The Kier molecular flexibility index (Phi) is 6.58. The van der Waals surface area contributed by atoms with Crippen LogP contribution in [-0.4, -0.2) is 25.2 Å². The fraction of sp³-hybridized carbons (Fsp3) is 0.158. The van der Waals surface area contributed by atoms with Crippen LogP contribution in [-0.2, 0) is 9.53 Å². The Morgan fingerprint density at radius 2 is 1.58 bits per heavy atom. The average molecular weight is 326 g/mol. The Morgan fingerprint density at radius 3 is 2.29 bits per heavy atom. The first-order valence-electron chi connectivity index (χ1n) is 7.49. The first kappa shape index (κ1) is 17.3. The molecule has 0 heterocycles. The van der Waals surface area contributed by atoms with E-state index in [0.717, 1.165) is 6.08 Å². The summed E-state index contributed by atoms with van der Waals surface area (Å²) in [5.41, 5.74) is 0.462. The number of ether oxygens (including phenoxy) is 3. The summed E-state index contributed by atoms with van der Waals surface area (Å²) in [5, 5.41) is 0. The van der Waals surface area contributed by atoms with Gasteiger partial charge in [0.15, 0.2) is 11.5 Å². The number of hydrogen-bond acceptors (Lipinski definition) is 5. The minimum absolute atomic E-state index is 0.233. The Morgan fingerprint density at radius 1 is 0.917 bits per heavy atom. The molecule has 0 amide bonds. The molecule has 2 aromatic rings. The van der Waals surface area contributed by atoms with Gasteiger partial charge in [-0.15, -0.1) is 0 Å². The number of esters is 2. The SMILES string of the molecule is C=CC(=O)OCCCOc1ccccc1OC(=O)c1ccccc1. The number of carbonyl (C=O) groups excluding carboxylic acids is 2. The fourth-order valence-electron chi connectivity index (χ4n) is 1.86. The topological polar surface area (TPSA) is 61.8 Å². The van der Waals surface area contributed by atoms with Crippen LogP contribution in [0.25, 0.3) is 0 Å². The molecule has 0 aliphatic rings. The number of benzene rings is 2. The van der Waals surface area contributed by atoms with E-state index >= 15 is 0 Å². The molecule has 0 bridgehead atoms. The molecule has 0 N–H and O–H groups in total. The second-order valence-corrected chi connectivity index (χ2v) is 4.78. The number of rotatable bonds is 8. The van der Waals surface area contributed by atoms with Gasteiger partial charge >= 0.3 is 11.9 Å². The van der Waals surface area contributed by atoms with Crippen LogP contribution in [0.15, 0.2) is 67.3 Å². The molecule has 0 saturated heterocycles. The molecule has 24 heavy (non-hydrogen) atoms. The van der Waals surface area contributed by atoms with Gasteiger partial charge in [0.2, 0.25) is 0 Å². The zero-order chi connectivity index (χ0) is 17.2. The molecule has 0 aromatic heterocycles. The quantitative estimate of drug-likeness (QED) is 0.322. The summed E-state index contributed by atoms with van der Waals surface area (Å²) in [6, 6.07) is 15.6. The molecule has 0 radical (unpaired) electrons. The van der Waals surface area contributed by atoms with E-state index in [2.05, 4.69) is 6.58 Å². The van der Waals surface area contributed by atoms with Gasteiger partial charge in [0.1, 0.15) is 0 Å². The van der Waals surface area contributed by atoms with Crippen molar-refractivity contribution in [1.82, 2.24) is 0 Å². The molecular formula is C19H18O5. The molecule has 0 aliphatic carbocycles. The maximum Gasteiger partial charge on any atom is 0.343 e.